The minimum atomic E-state index is -0.195. The largest absolute Gasteiger partial charge is 0.299 e. The van der Waals surface area contributed by atoms with Crippen LogP contribution in [0.1, 0.15) is 62.1 Å². The van der Waals surface area contributed by atoms with E-state index in [9.17, 15) is 4.79 Å². The second-order valence-corrected chi connectivity index (χ2v) is 8.34. The highest BCUT2D eigenvalue weighted by molar-refractivity contribution is 5.96. The van der Waals surface area contributed by atoms with Crippen LogP contribution in [0.2, 0.25) is 0 Å². The van der Waals surface area contributed by atoms with Gasteiger partial charge in [-0.3, -0.25) is 4.79 Å². The van der Waals surface area contributed by atoms with Crippen molar-refractivity contribution in [2.24, 2.45) is 5.92 Å². The molecule has 3 aliphatic rings. The Morgan fingerprint density at radius 3 is 2.67 bits per heavy atom. The molecule has 1 fully saturated rings. The fraction of sp³-hybridized carbons (Fsp3) is 0.435. The van der Waals surface area contributed by atoms with Gasteiger partial charge in [0.05, 0.1) is 5.41 Å². The number of hydrogen-bond donors (Lipinski definition) is 0. The molecule has 0 radical (unpaired) electrons. The van der Waals surface area contributed by atoms with Crippen LogP contribution in [-0.4, -0.2) is 5.78 Å². The molecule has 1 saturated carbocycles. The van der Waals surface area contributed by atoms with Gasteiger partial charge < -0.3 is 0 Å². The van der Waals surface area contributed by atoms with Gasteiger partial charge in [0.1, 0.15) is 5.78 Å². The van der Waals surface area contributed by atoms with Gasteiger partial charge in [0.15, 0.2) is 0 Å². The standard InChI is InChI=1S/C23H24O/c1-14(2)16-4-5-17-11-18-6-8-22(24)23(21(18)12-19(17)10-16)13-15-3-7-20(23)9-15/h3-5,10-12,14,20H,6-9,13H2,1-2H3. The molecule has 0 aliphatic heterocycles. The molecule has 1 nitrogen and oxygen atoms in total. The van der Waals surface area contributed by atoms with E-state index in [1.165, 1.54) is 33.0 Å². The monoisotopic (exact) mass is 316 g/mol. The van der Waals surface area contributed by atoms with E-state index in [0.717, 1.165) is 32.1 Å². The number of ketones is 1. The van der Waals surface area contributed by atoms with Crippen molar-refractivity contribution in [2.45, 2.75) is 57.3 Å². The lowest BCUT2D eigenvalue weighted by atomic mass is 9.61. The predicted octanol–water partition coefficient (Wildman–Crippen LogP) is 5.46. The Hall–Kier alpha value is -1.89. The minimum absolute atomic E-state index is 0.195. The number of benzene rings is 2. The van der Waals surface area contributed by atoms with E-state index >= 15 is 0 Å². The number of hydrogen-bond acceptors (Lipinski definition) is 1. The van der Waals surface area contributed by atoms with E-state index in [2.05, 4.69) is 50.3 Å². The average Bonchev–Trinajstić information content (AvgIpc) is 3.18. The van der Waals surface area contributed by atoms with Crippen LogP contribution in [0.4, 0.5) is 0 Å². The molecule has 122 valence electrons. The lowest BCUT2D eigenvalue weighted by Gasteiger charge is -2.40. The van der Waals surface area contributed by atoms with Gasteiger partial charge in [0.25, 0.3) is 0 Å². The number of fused-ring (bicyclic) bond motifs is 6. The summed E-state index contributed by atoms with van der Waals surface area (Å²) in [4.78, 5) is 13.1. The fourth-order valence-electron chi connectivity index (χ4n) is 5.42. The fourth-order valence-corrected chi connectivity index (χ4v) is 5.42. The van der Waals surface area contributed by atoms with Crippen LogP contribution in [-0.2, 0) is 16.6 Å². The number of carbonyl (C=O) groups is 1. The third-order valence-electron chi connectivity index (χ3n) is 6.76. The summed E-state index contributed by atoms with van der Waals surface area (Å²) in [6.07, 6.45) is 7.27. The highest BCUT2D eigenvalue weighted by Gasteiger charge is 2.55. The molecule has 2 atom stereocenters. The van der Waals surface area contributed by atoms with Crippen LogP contribution in [0, 0.1) is 5.92 Å². The van der Waals surface area contributed by atoms with Crippen molar-refractivity contribution >= 4 is 16.6 Å². The molecule has 0 N–H and O–H groups in total. The molecule has 0 amide bonds. The van der Waals surface area contributed by atoms with Gasteiger partial charge >= 0.3 is 0 Å². The van der Waals surface area contributed by atoms with Crippen molar-refractivity contribution in [3.63, 3.8) is 0 Å². The Morgan fingerprint density at radius 2 is 1.96 bits per heavy atom. The van der Waals surface area contributed by atoms with Crippen LogP contribution < -0.4 is 0 Å². The molecule has 2 bridgehead atoms. The number of carbonyl (C=O) groups excluding carboxylic acids is 1. The molecule has 3 aliphatic carbocycles. The quantitative estimate of drug-likeness (QED) is 0.639. The molecular formula is C23H24O. The Morgan fingerprint density at radius 1 is 1.08 bits per heavy atom. The van der Waals surface area contributed by atoms with Crippen LogP contribution in [0.3, 0.4) is 0 Å². The third kappa shape index (κ3) is 1.79. The SMILES string of the molecule is CC(C)c1ccc2cc3c(cc2c1)C1(CC2=CCC1C2)C(=O)CC3. The van der Waals surface area contributed by atoms with Crippen LogP contribution in [0.25, 0.3) is 10.8 Å². The molecule has 24 heavy (non-hydrogen) atoms. The van der Waals surface area contributed by atoms with Gasteiger partial charge in [0.2, 0.25) is 0 Å². The molecule has 2 aromatic carbocycles. The average molecular weight is 316 g/mol. The summed E-state index contributed by atoms with van der Waals surface area (Å²) in [6.45, 7) is 4.49. The smallest absolute Gasteiger partial charge is 0.144 e. The lowest BCUT2D eigenvalue weighted by molar-refractivity contribution is -0.126. The summed E-state index contributed by atoms with van der Waals surface area (Å²) in [5, 5.41) is 2.63. The number of aryl methyl sites for hydroxylation is 1. The first kappa shape index (κ1) is 14.5. The van der Waals surface area contributed by atoms with E-state index in [0.29, 0.717) is 17.6 Å². The molecule has 2 unspecified atom stereocenters. The van der Waals surface area contributed by atoms with E-state index < -0.39 is 0 Å². The summed E-state index contributed by atoms with van der Waals surface area (Å²) in [6, 6.07) is 11.6. The molecule has 5 rings (SSSR count). The number of Topliss-reactive ketones (excluding diaryl/α,β-unsaturated/α-hetero) is 1. The molecule has 0 saturated heterocycles. The van der Waals surface area contributed by atoms with E-state index in [4.69, 9.17) is 0 Å². The molecule has 0 aromatic heterocycles. The van der Waals surface area contributed by atoms with Gasteiger partial charge in [-0.15, -0.1) is 0 Å². The Balaban J connectivity index is 1.75. The minimum Gasteiger partial charge on any atom is -0.299 e. The second kappa shape index (κ2) is 4.81. The maximum absolute atomic E-state index is 13.1. The van der Waals surface area contributed by atoms with E-state index in [-0.39, 0.29) is 5.41 Å². The van der Waals surface area contributed by atoms with Gasteiger partial charge in [0, 0.05) is 6.42 Å². The summed E-state index contributed by atoms with van der Waals surface area (Å²) in [5.74, 6) is 1.56. The van der Waals surface area contributed by atoms with E-state index in [1.807, 2.05) is 0 Å². The molecule has 1 spiro atoms. The van der Waals surface area contributed by atoms with Crippen molar-refractivity contribution in [3.8, 4) is 0 Å². The van der Waals surface area contributed by atoms with Crippen molar-refractivity contribution in [1.82, 2.24) is 0 Å². The zero-order valence-electron chi connectivity index (χ0n) is 14.6. The first-order valence-corrected chi connectivity index (χ1v) is 9.36. The Labute approximate surface area is 143 Å². The maximum Gasteiger partial charge on any atom is 0.144 e. The number of rotatable bonds is 1. The summed E-state index contributed by atoms with van der Waals surface area (Å²) >= 11 is 0. The molecule has 2 aromatic rings. The Bertz CT molecular complexity index is 902. The van der Waals surface area contributed by atoms with Crippen LogP contribution in [0.15, 0.2) is 42.0 Å². The predicted molar refractivity (Wildman–Crippen MR) is 98.5 cm³/mol. The topological polar surface area (TPSA) is 17.1 Å². The van der Waals surface area contributed by atoms with Gasteiger partial charge in [-0.2, -0.15) is 0 Å². The highest BCUT2D eigenvalue weighted by Crippen LogP contribution is 2.57. The van der Waals surface area contributed by atoms with E-state index in [1.54, 1.807) is 0 Å². The van der Waals surface area contributed by atoms with Crippen molar-refractivity contribution < 1.29 is 4.79 Å². The lowest BCUT2D eigenvalue weighted by Crippen LogP contribution is -2.43. The van der Waals surface area contributed by atoms with Gasteiger partial charge in [-0.25, -0.2) is 0 Å². The first-order valence-electron chi connectivity index (χ1n) is 9.36. The summed E-state index contributed by atoms with van der Waals surface area (Å²) in [5.41, 5.74) is 5.50. The van der Waals surface area contributed by atoms with Crippen LogP contribution >= 0.6 is 0 Å². The van der Waals surface area contributed by atoms with Gasteiger partial charge in [-0.05, 0) is 71.0 Å². The second-order valence-electron chi connectivity index (χ2n) is 8.34. The zero-order chi connectivity index (χ0) is 16.5. The van der Waals surface area contributed by atoms with Crippen molar-refractivity contribution in [1.29, 1.82) is 0 Å². The zero-order valence-corrected chi connectivity index (χ0v) is 14.6. The Kier molecular flexibility index (Phi) is 2.90. The maximum atomic E-state index is 13.1. The van der Waals surface area contributed by atoms with Crippen molar-refractivity contribution in [3.05, 3.63) is 58.7 Å². The molecular weight excluding hydrogens is 292 g/mol. The van der Waals surface area contributed by atoms with Crippen molar-refractivity contribution in [2.75, 3.05) is 0 Å². The van der Waals surface area contributed by atoms with Crippen LogP contribution in [0.5, 0.6) is 0 Å². The summed E-state index contributed by atoms with van der Waals surface area (Å²) in [7, 11) is 0. The molecule has 0 heterocycles. The normalized spacial score (nSPS) is 28.0. The highest BCUT2D eigenvalue weighted by atomic mass is 16.1. The molecule has 1 heteroatoms. The van der Waals surface area contributed by atoms with Gasteiger partial charge in [-0.1, -0.05) is 49.8 Å². The summed E-state index contributed by atoms with van der Waals surface area (Å²) < 4.78 is 0. The third-order valence-corrected chi connectivity index (χ3v) is 6.76. The first-order chi connectivity index (χ1) is 11.6. The number of allylic oxidation sites excluding steroid dienone is 2.